The first-order valence-corrected chi connectivity index (χ1v) is 7.44. The summed E-state index contributed by atoms with van der Waals surface area (Å²) in [5, 5.41) is 11.3. The number of rotatable bonds is 4. The van der Waals surface area contributed by atoms with Gasteiger partial charge in [0.2, 0.25) is 5.91 Å². The number of hydrogen-bond acceptors (Lipinski definition) is 4. The van der Waals surface area contributed by atoms with Gasteiger partial charge in [0.25, 0.3) is 5.91 Å². The van der Waals surface area contributed by atoms with Crippen molar-refractivity contribution in [3.05, 3.63) is 28.0 Å². The largest absolute Gasteiger partial charge is 0.478 e. The Labute approximate surface area is 126 Å². The van der Waals surface area contributed by atoms with Crippen LogP contribution in [0.25, 0.3) is 6.08 Å². The highest BCUT2D eigenvalue weighted by atomic mass is 32.1. The number of aliphatic carboxylic acids is 1. The van der Waals surface area contributed by atoms with Crippen LogP contribution in [-0.2, 0) is 9.59 Å². The van der Waals surface area contributed by atoms with Crippen LogP contribution < -0.4 is 5.32 Å². The van der Waals surface area contributed by atoms with E-state index < -0.39 is 12.0 Å². The van der Waals surface area contributed by atoms with Gasteiger partial charge in [-0.25, -0.2) is 4.79 Å². The molecule has 2 heterocycles. The highest BCUT2D eigenvalue weighted by Crippen LogP contribution is 2.22. The third-order valence-electron chi connectivity index (χ3n) is 3.21. The van der Waals surface area contributed by atoms with Crippen LogP contribution in [0.15, 0.2) is 18.2 Å². The summed E-state index contributed by atoms with van der Waals surface area (Å²) in [5.74, 6) is -1.34. The third kappa shape index (κ3) is 3.49. The molecular formula is C14H16N2O4S. The Morgan fingerprint density at radius 3 is 2.95 bits per heavy atom. The van der Waals surface area contributed by atoms with Crippen molar-refractivity contribution in [3.63, 3.8) is 0 Å². The fraction of sp³-hybridized carbons (Fsp3) is 0.357. The maximum absolute atomic E-state index is 12.5. The fourth-order valence-electron chi connectivity index (χ4n) is 2.22. The molecule has 6 nitrogen and oxygen atoms in total. The lowest BCUT2D eigenvalue weighted by molar-refractivity contribution is -0.131. The normalized spacial score (nSPS) is 18.8. The molecule has 0 aliphatic carbocycles. The molecule has 112 valence electrons. The zero-order valence-corrected chi connectivity index (χ0v) is 12.4. The Morgan fingerprint density at radius 1 is 1.52 bits per heavy atom. The van der Waals surface area contributed by atoms with Crippen LogP contribution in [0.2, 0.25) is 0 Å². The Kier molecular flexibility index (Phi) is 4.74. The molecule has 0 spiro atoms. The van der Waals surface area contributed by atoms with Crippen LogP contribution in [0.3, 0.4) is 0 Å². The number of carboxylic acids is 1. The Bertz CT molecular complexity index is 594. The van der Waals surface area contributed by atoms with Crippen molar-refractivity contribution >= 4 is 35.2 Å². The summed E-state index contributed by atoms with van der Waals surface area (Å²) in [5.41, 5.74) is 0. The number of carbonyl (C=O) groups excluding carboxylic acids is 2. The van der Waals surface area contributed by atoms with Crippen LogP contribution in [0.1, 0.15) is 27.9 Å². The van der Waals surface area contributed by atoms with E-state index in [0.29, 0.717) is 29.3 Å². The number of nitrogens with zero attached hydrogens (tertiary/aromatic N) is 1. The molecule has 0 aromatic carbocycles. The second-order valence-electron chi connectivity index (χ2n) is 4.59. The zero-order chi connectivity index (χ0) is 15.4. The Balaban J connectivity index is 2.15. The van der Waals surface area contributed by atoms with Crippen LogP contribution in [0.5, 0.6) is 0 Å². The molecule has 7 heteroatoms. The van der Waals surface area contributed by atoms with E-state index in [0.717, 1.165) is 6.08 Å². The molecular weight excluding hydrogens is 292 g/mol. The maximum Gasteiger partial charge on any atom is 0.328 e. The Morgan fingerprint density at radius 2 is 2.29 bits per heavy atom. The van der Waals surface area contributed by atoms with Crippen LogP contribution >= 0.6 is 11.3 Å². The van der Waals surface area contributed by atoms with Gasteiger partial charge >= 0.3 is 5.97 Å². The van der Waals surface area contributed by atoms with E-state index in [1.54, 1.807) is 17.0 Å². The summed E-state index contributed by atoms with van der Waals surface area (Å²) in [6, 6.07) is 2.92. The molecule has 0 saturated carbocycles. The molecule has 1 unspecified atom stereocenters. The molecule has 2 amide bonds. The molecule has 1 saturated heterocycles. The summed E-state index contributed by atoms with van der Waals surface area (Å²) in [4.78, 5) is 37.5. The van der Waals surface area contributed by atoms with Gasteiger partial charge in [0, 0.05) is 24.0 Å². The number of nitrogens with one attached hydrogen (secondary N) is 1. The lowest BCUT2D eigenvalue weighted by atomic mass is 10.1. The van der Waals surface area contributed by atoms with E-state index >= 15 is 0 Å². The van der Waals surface area contributed by atoms with Gasteiger partial charge in [-0.3, -0.25) is 9.59 Å². The predicted molar refractivity (Wildman–Crippen MR) is 79.1 cm³/mol. The van der Waals surface area contributed by atoms with E-state index in [-0.39, 0.29) is 11.8 Å². The lowest BCUT2D eigenvalue weighted by Crippen LogP contribution is -2.56. The molecule has 1 aromatic rings. The molecule has 1 atom stereocenters. The van der Waals surface area contributed by atoms with Crippen molar-refractivity contribution in [1.82, 2.24) is 10.2 Å². The first-order chi connectivity index (χ1) is 10.0. The van der Waals surface area contributed by atoms with E-state index in [1.165, 1.54) is 17.4 Å². The standard InChI is InChI=1S/C14H16N2O4S/c1-2-10-13(19)15-7-8-16(10)14(20)11-5-3-9(21-11)4-6-12(17)18/h3-6,10H,2,7-8H2,1H3,(H,15,19)(H,17,18). The quantitative estimate of drug-likeness (QED) is 0.818. The van der Waals surface area contributed by atoms with Gasteiger partial charge in [0.1, 0.15) is 6.04 Å². The minimum absolute atomic E-state index is 0.125. The van der Waals surface area contributed by atoms with E-state index in [4.69, 9.17) is 5.11 Å². The molecule has 1 fully saturated rings. The average Bonchev–Trinajstić information content (AvgIpc) is 2.93. The van der Waals surface area contributed by atoms with Crippen molar-refractivity contribution in [3.8, 4) is 0 Å². The van der Waals surface area contributed by atoms with Gasteiger partial charge in [-0.1, -0.05) is 6.92 Å². The second-order valence-corrected chi connectivity index (χ2v) is 5.70. The lowest BCUT2D eigenvalue weighted by Gasteiger charge is -2.34. The summed E-state index contributed by atoms with van der Waals surface area (Å²) in [7, 11) is 0. The monoisotopic (exact) mass is 308 g/mol. The number of hydrogen-bond donors (Lipinski definition) is 2. The molecule has 1 aliphatic heterocycles. The molecule has 1 aromatic heterocycles. The molecule has 2 rings (SSSR count). The second kappa shape index (κ2) is 6.53. The van der Waals surface area contributed by atoms with Crippen LogP contribution in [0.4, 0.5) is 0 Å². The number of thiophene rings is 1. The van der Waals surface area contributed by atoms with Crippen molar-refractivity contribution in [1.29, 1.82) is 0 Å². The molecule has 0 bridgehead atoms. The van der Waals surface area contributed by atoms with Crippen molar-refractivity contribution < 1.29 is 19.5 Å². The average molecular weight is 308 g/mol. The summed E-state index contributed by atoms with van der Waals surface area (Å²) in [6.45, 7) is 2.81. The minimum atomic E-state index is -1.03. The fourth-order valence-corrected chi connectivity index (χ4v) is 3.08. The topological polar surface area (TPSA) is 86.7 Å². The van der Waals surface area contributed by atoms with Gasteiger partial charge in [-0.2, -0.15) is 0 Å². The summed E-state index contributed by atoms with van der Waals surface area (Å²) in [6.07, 6.45) is 3.04. The summed E-state index contributed by atoms with van der Waals surface area (Å²) >= 11 is 1.22. The smallest absolute Gasteiger partial charge is 0.328 e. The first kappa shape index (κ1) is 15.2. The minimum Gasteiger partial charge on any atom is -0.478 e. The van der Waals surface area contributed by atoms with Gasteiger partial charge < -0.3 is 15.3 Å². The number of amides is 2. The highest BCUT2D eigenvalue weighted by molar-refractivity contribution is 7.14. The molecule has 21 heavy (non-hydrogen) atoms. The number of piperazine rings is 1. The van der Waals surface area contributed by atoms with E-state index in [1.807, 2.05) is 6.92 Å². The highest BCUT2D eigenvalue weighted by Gasteiger charge is 2.32. The van der Waals surface area contributed by atoms with Crippen LogP contribution in [0, 0.1) is 0 Å². The van der Waals surface area contributed by atoms with Crippen LogP contribution in [-0.4, -0.2) is 46.9 Å². The number of carbonyl (C=O) groups is 3. The predicted octanol–water partition coefficient (Wildman–Crippen LogP) is 1.20. The molecule has 0 radical (unpaired) electrons. The van der Waals surface area contributed by atoms with Crippen molar-refractivity contribution in [2.45, 2.75) is 19.4 Å². The summed E-state index contributed by atoms with van der Waals surface area (Å²) < 4.78 is 0. The van der Waals surface area contributed by atoms with Gasteiger partial charge in [-0.15, -0.1) is 11.3 Å². The van der Waals surface area contributed by atoms with Gasteiger partial charge in [0.15, 0.2) is 0 Å². The number of carboxylic acid groups (broad SMARTS) is 1. The van der Waals surface area contributed by atoms with Gasteiger partial charge in [0.05, 0.1) is 4.88 Å². The van der Waals surface area contributed by atoms with E-state index in [2.05, 4.69) is 5.32 Å². The van der Waals surface area contributed by atoms with Gasteiger partial charge in [-0.05, 0) is 24.6 Å². The first-order valence-electron chi connectivity index (χ1n) is 6.62. The third-order valence-corrected chi connectivity index (χ3v) is 4.24. The molecule has 2 N–H and O–H groups in total. The maximum atomic E-state index is 12.5. The van der Waals surface area contributed by atoms with Crippen molar-refractivity contribution in [2.24, 2.45) is 0 Å². The van der Waals surface area contributed by atoms with Crippen molar-refractivity contribution in [2.75, 3.05) is 13.1 Å². The zero-order valence-electron chi connectivity index (χ0n) is 11.5. The SMILES string of the molecule is CCC1C(=O)NCCN1C(=O)c1ccc(C=CC(=O)O)s1. The Hall–Kier alpha value is -2.15. The van der Waals surface area contributed by atoms with E-state index in [9.17, 15) is 14.4 Å². The molecule has 1 aliphatic rings.